The summed E-state index contributed by atoms with van der Waals surface area (Å²) in [6.07, 6.45) is 5.01. The van der Waals surface area contributed by atoms with Crippen molar-refractivity contribution in [2.75, 3.05) is 13.7 Å². The molecular weight excluding hydrogens is 188 g/mol. The first kappa shape index (κ1) is 12.0. The Hall–Kier alpha value is -1.09. The molecule has 0 bridgehead atoms. The summed E-state index contributed by atoms with van der Waals surface area (Å²) in [4.78, 5) is 4.44. The number of methoxy groups -OCH3 is 1. The molecule has 0 aliphatic carbocycles. The predicted molar refractivity (Wildman–Crippen MR) is 62.3 cm³/mol. The van der Waals surface area contributed by atoms with Crippen LogP contribution in [0.15, 0.2) is 6.20 Å². The number of hydrogen-bond acceptors (Lipinski definition) is 3. The van der Waals surface area contributed by atoms with Gasteiger partial charge >= 0.3 is 0 Å². The number of nitrogens with two attached hydrogens (primary N) is 1. The first-order chi connectivity index (χ1) is 7.20. The van der Waals surface area contributed by atoms with Crippen LogP contribution in [0.25, 0.3) is 0 Å². The van der Waals surface area contributed by atoms with E-state index >= 15 is 0 Å². The predicted octanol–water partition coefficient (Wildman–Crippen LogP) is 1.99. The van der Waals surface area contributed by atoms with Crippen LogP contribution in [0.1, 0.15) is 29.7 Å². The second kappa shape index (κ2) is 5.71. The Morgan fingerprint density at radius 3 is 2.67 bits per heavy atom. The summed E-state index contributed by atoms with van der Waals surface area (Å²) in [5, 5.41) is 0. The van der Waals surface area contributed by atoms with Crippen LogP contribution < -0.4 is 10.5 Å². The average molecular weight is 208 g/mol. The number of unbranched alkanes of at least 4 members (excludes halogenated alkanes) is 1. The van der Waals surface area contributed by atoms with Crippen molar-refractivity contribution in [3.05, 3.63) is 23.0 Å². The molecule has 1 aromatic rings. The molecule has 2 N–H and O–H groups in total. The summed E-state index contributed by atoms with van der Waals surface area (Å²) in [5.74, 6) is 0.966. The third-order valence-electron chi connectivity index (χ3n) is 2.62. The zero-order valence-electron chi connectivity index (χ0n) is 9.84. The van der Waals surface area contributed by atoms with Gasteiger partial charge in [0.2, 0.25) is 0 Å². The van der Waals surface area contributed by atoms with Crippen molar-refractivity contribution in [2.24, 2.45) is 5.73 Å². The summed E-state index contributed by atoms with van der Waals surface area (Å²) in [6, 6.07) is 0. The van der Waals surface area contributed by atoms with Crippen LogP contribution >= 0.6 is 0 Å². The molecule has 1 heterocycles. The van der Waals surface area contributed by atoms with E-state index in [4.69, 9.17) is 10.5 Å². The molecule has 0 fully saturated rings. The standard InChI is InChI=1S/C12H20N2O/c1-9-8-14-11(6-4-5-7-13)10(2)12(9)15-3/h8H,4-7,13H2,1-3H3. The van der Waals surface area contributed by atoms with Gasteiger partial charge in [0.25, 0.3) is 0 Å². The molecule has 3 nitrogen and oxygen atoms in total. The minimum Gasteiger partial charge on any atom is -0.496 e. The first-order valence-corrected chi connectivity index (χ1v) is 5.39. The fourth-order valence-corrected chi connectivity index (χ4v) is 1.76. The molecule has 0 radical (unpaired) electrons. The molecule has 1 rings (SSSR count). The maximum atomic E-state index is 5.47. The van der Waals surface area contributed by atoms with E-state index in [2.05, 4.69) is 11.9 Å². The number of ether oxygens (including phenoxy) is 1. The molecule has 15 heavy (non-hydrogen) atoms. The van der Waals surface area contributed by atoms with E-state index in [0.29, 0.717) is 0 Å². The Kier molecular flexibility index (Phi) is 4.56. The molecule has 84 valence electrons. The maximum absolute atomic E-state index is 5.47. The topological polar surface area (TPSA) is 48.1 Å². The van der Waals surface area contributed by atoms with Crippen molar-refractivity contribution in [3.63, 3.8) is 0 Å². The molecule has 0 unspecified atom stereocenters. The van der Waals surface area contributed by atoms with Gasteiger partial charge in [0.05, 0.1) is 7.11 Å². The van der Waals surface area contributed by atoms with E-state index in [0.717, 1.165) is 48.4 Å². The number of hydrogen-bond donors (Lipinski definition) is 1. The Morgan fingerprint density at radius 2 is 2.07 bits per heavy atom. The van der Waals surface area contributed by atoms with Gasteiger partial charge in [0.15, 0.2) is 0 Å². The van der Waals surface area contributed by atoms with Crippen molar-refractivity contribution in [1.82, 2.24) is 4.98 Å². The van der Waals surface area contributed by atoms with Crippen LogP contribution in [0, 0.1) is 13.8 Å². The molecular formula is C12H20N2O. The van der Waals surface area contributed by atoms with Gasteiger partial charge in [0, 0.05) is 23.0 Å². The van der Waals surface area contributed by atoms with Crippen molar-refractivity contribution < 1.29 is 4.74 Å². The molecule has 0 saturated carbocycles. The van der Waals surface area contributed by atoms with Gasteiger partial charge in [-0.3, -0.25) is 4.98 Å². The Labute approximate surface area is 91.7 Å². The summed E-state index contributed by atoms with van der Waals surface area (Å²) in [6.45, 7) is 4.83. The quantitative estimate of drug-likeness (QED) is 0.753. The van der Waals surface area contributed by atoms with Crippen molar-refractivity contribution >= 4 is 0 Å². The van der Waals surface area contributed by atoms with Crippen molar-refractivity contribution in [3.8, 4) is 5.75 Å². The van der Waals surface area contributed by atoms with E-state index in [-0.39, 0.29) is 0 Å². The Balaban J connectivity index is 2.80. The largest absolute Gasteiger partial charge is 0.496 e. The summed E-state index contributed by atoms with van der Waals surface area (Å²) < 4.78 is 5.36. The molecule has 0 saturated heterocycles. The summed E-state index contributed by atoms with van der Waals surface area (Å²) >= 11 is 0. The van der Waals surface area contributed by atoms with Gasteiger partial charge in [-0.05, 0) is 39.7 Å². The highest BCUT2D eigenvalue weighted by molar-refractivity contribution is 5.41. The van der Waals surface area contributed by atoms with E-state index in [9.17, 15) is 0 Å². The van der Waals surface area contributed by atoms with E-state index in [1.165, 1.54) is 0 Å². The van der Waals surface area contributed by atoms with Gasteiger partial charge in [-0.2, -0.15) is 0 Å². The molecule has 0 atom stereocenters. The van der Waals surface area contributed by atoms with E-state index < -0.39 is 0 Å². The normalized spacial score (nSPS) is 10.4. The summed E-state index contributed by atoms with van der Waals surface area (Å²) in [7, 11) is 1.71. The van der Waals surface area contributed by atoms with E-state index in [1.807, 2.05) is 13.1 Å². The number of pyridine rings is 1. The molecule has 3 heteroatoms. The van der Waals surface area contributed by atoms with Crippen molar-refractivity contribution in [1.29, 1.82) is 0 Å². The minimum atomic E-state index is 0.752. The lowest BCUT2D eigenvalue weighted by Crippen LogP contribution is -2.03. The average Bonchev–Trinajstić information content (AvgIpc) is 2.22. The molecule has 0 amide bonds. The van der Waals surface area contributed by atoms with Crippen LogP contribution in [0.2, 0.25) is 0 Å². The van der Waals surface area contributed by atoms with Crippen LogP contribution in [-0.4, -0.2) is 18.6 Å². The Morgan fingerprint density at radius 1 is 1.33 bits per heavy atom. The van der Waals surface area contributed by atoms with Crippen LogP contribution in [0.3, 0.4) is 0 Å². The summed E-state index contributed by atoms with van der Waals surface area (Å²) in [5.41, 5.74) is 8.85. The zero-order valence-corrected chi connectivity index (χ0v) is 9.84. The monoisotopic (exact) mass is 208 g/mol. The number of aromatic nitrogens is 1. The second-order valence-electron chi connectivity index (χ2n) is 3.79. The molecule has 1 aromatic heterocycles. The lowest BCUT2D eigenvalue weighted by Gasteiger charge is -2.11. The highest BCUT2D eigenvalue weighted by Gasteiger charge is 2.08. The maximum Gasteiger partial charge on any atom is 0.128 e. The number of rotatable bonds is 5. The SMILES string of the molecule is COc1c(C)cnc(CCCCN)c1C. The molecule has 0 aromatic carbocycles. The first-order valence-electron chi connectivity index (χ1n) is 5.39. The zero-order chi connectivity index (χ0) is 11.3. The number of aryl methyl sites for hydroxylation is 2. The molecule has 0 aliphatic heterocycles. The third kappa shape index (κ3) is 2.93. The minimum absolute atomic E-state index is 0.752. The fourth-order valence-electron chi connectivity index (χ4n) is 1.76. The lowest BCUT2D eigenvalue weighted by molar-refractivity contribution is 0.406. The molecule has 0 aliphatic rings. The van der Waals surface area contributed by atoms with Crippen LogP contribution in [0.4, 0.5) is 0 Å². The highest BCUT2D eigenvalue weighted by atomic mass is 16.5. The van der Waals surface area contributed by atoms with Crippen LogP contribution in [0.5, 0.6) is 5.75 Å². The van der Waals surface area contributed by atoms with Gasteiger partial charge in [-0.15, -0.1) is 0 Å². The van der Waals surface area contributed by atoms with Gasteiger partial charge in [-0.25, -0.2) is 0 Å². The van der Waals surface area contributed by atoms with Crippen LogP contribution in [-0.2, 0) is 6.42 Å². The second-order valence-corrected chi connectivity index (χ2v) is 3.79. The van der Waals surface area contributed by atoms with Gasteiger partial charge in [-0.1, -0.05) is 0 Å². The van der Waals surface area contributed by atoms with E-state index in [1.54, 1.807) is 7.11 Å². The third-order valence-corrected chi connectivity index (χ3v) is 2.62. The van der Waals surface area contributed by atoms with Crippen molar-refractivity contribution in [2.45, 2.75) is 33.1 Å². The molecule has 0 spiro atoms. The number of nitrogens with zero attached hydrogens (tertiary/aromatic N) is 1. The smallest absolute Gasteiger partial charge is 0.128 e. The highest BCUT2D eigenvalue weighted by Crippen LogP contribution is 2.24. The Bertz CT molecular complexity index is 324. The fraction of sp³-hybridized carbons (Fsp3) is 0.583. The van der Waals surface area contributed by atoms with Gasteiger partial charge < -0.3 is 10.5 Å². The lowest BCUT2D eigenvalue weighted by atomic mass is 10.1. The van der Waals surface area contributed by atoms with Gasteiger partial charge in [0.1, 0.15) is 5.75 Å².